The summed E-state index contributed by atoms with van der Waals surface area (Å²) in [5.74, 6) is -0.679. The molecule has 1 aliphatic rings. The second-order valence-corrected chi connectivity index (χ2v) is 7.23. The SMILES string of the molecule is O=C(c1cc(=O)[nH]c2cc(F)ccc12)N1CCCN(c2ccccc2Cl)CC1. The molecule has 1 amide bonds. The van der Waals surface area contributed by atoms with E-state index < -0.39 is 11.4 Å². The van der Waals surface area contributed by atoms with Crippen LogP contribution in [0.5, 0.6) is 0 Å². The van der Waals surface area contributed by atoms with Crippen molar-refractivity contribution < 1.29 is 9.18 Å². The Labute approximate surface area is 166 Å². The number of carbonyl (C=O) groups is 1. The van der Waals surface area contributed by atoms with Crippen LogP contribution in [0.4, 0.5) is 10.1 Å². The van der Waals surface area contributed by atoms with E-state index in [2.05, 4.69) is 9.88 Å². The van der Waals surface area contributed by atoms with Crippen LogP contribution in [0.15, 0.2) is 53.3 Å². The maximum absolute atomic E-state index is 13.5. The van der Waals surface area contributed by atoms with Gasteiger partial charge in [-0.3, -0.25) is 9.59 Å². The van der Waals surface area contributed by atoms with Crippen LogP contribution >= 0.6 is 11.6 Å². The number of fused-ring (bicyclic) bond motifs is 1. The second-order valence-electron chi connectivity index (χ2n) is 6.82. The lowest BCUT2D eigenvalue weighted by Crippen LogP contribution is -2.35. The van der Waals surface area contributed by atoms with Gasteiger partial charge in [-0.25, -0.2) is 4.39 Å². The zero-order valence-corrected chi connectivity index (χ0v) is 15.9. The largest absolute Gasteiger partial charge is 0.368 e. The highest BCUT2D eigenvalue weighted by molar-refractivity contribution is 6.33. The summed E-state index contributed by atoms with van der Waals surface area (Å²) in [7, 11) is 0. The van der Waals surface area contributed by atoms with Crippen LogP contribution in [0.2, 0.25) is 5.02 Å². The van der Waals surface area contributed by atoms with Crippen LogP contribution in [0, 0.1) is 5.82 Å². The number of halogens is 2. The number of nitrogens with zero attached hydrogens (tertiary/aromatic N) is 2. The van der Waals surface area contributed by atoms with Crippen LogP contribution in [0.3, 0.4) is 0 Å². The smallest absolute Gasteiger partial charge is 0.254 e. The van der Waals surface area contributed by atoms with Gasteiger partial charge in [0.2, 0.25) is 5.56 Å². The van der Waals surface area contributed by atoms with Gasteiger partial charge in [0, 0.05) is 37.6 Å². The molecule has 0 aliphatic carbocycles. The molecule has 0 radical (unpaired) electrons. The minimum absolute atomic E-state index is 0.219. The predicted octanol–water partition coefficient (Wildman–Crippen LogP) is 3.67. The topological polar surface area (TPSA) is 56.4 Å². The number of hydrogen-bond donors (Lipinski definition) is 1. The monoisotopic (exact) mass is 399 g/mol. The van der Waals surface area contributed by atoms with Crippen molar-refractivity contribution in [3.63, 3.8) is 0 Å². The lowest BCUT2D eigenvalue weighted by Gasteiger charge is -2.24. The molecule has 2 aromatic carbocycles. The molecule has 0 atom stereocenters. The molecule has 5 nitrogen and oxygen atoms in total. The van der Waals surface area contributed by atoms with Crippen molar-refractivity contribution >= 4 is 34.1 Å². The zero-order chi connectivity index (χ0) is 19.7. The van der Waals surface area contributed by atoms with E-state index in [1.807, 2.05) is 24.3 Å². The Bertz CT molecular complexity index is 1100. The van der Waals surface area contributed by atoms with Crippen molar-refractivity contribution in [2.75, 3.05) is 31.1 Å². The fraction of sp³-hybridized carbons (Fsp3) is 0.238. The number of hydrogen-bond acceptors (Lipinski definition) is 3. The molecule has 0 unspecified atom stereocenters. The molecule has 4 rings (SSSR count). The maximum Gasteiger partial charge on any atom is 0.254 e. The van der Waals surface area contributed by atoms with E-state index in [1.54, 1.807) is 4.90 Å². The summed E-state index contributed by atoms with van der Waals surface area (Å²) in [6.07, 6.45) is 0.784. The third-order valence-electron chi connectivity index (χ3n) is 5.01. The zero-order valence-electron chi connectivity index (χ0n) is 15.1. The van der Waals surface area contributed by atoms with Gasteiger partial charge in [-0.05, 0) is 36.8 Å². The first kappa shape index (κ1) is 18.5. The van der Waals surface area contributed by atoms with Gasteiger partial charge in [0.25, 0.3) is 5.91 Å². The Morgan fingerprint density at radius 2 is 1.86 bits per heavy atom. The maximum atomic E-state index is 13.5. The van der Waals surface area contributed by atoms with Gasteiger partial charge in [-0.15, -0.1) is 0 Å². The van der Waals surface area contributed by atoms with Crippen LogP contribution in [-0.2, 0) is 0 Å². The van der Waals surface area contributed by atoms with E-state index in [9.17, 15) is 14.0 Å². The van der Waals surface area contributed by atoms with E-state index in [-0.39, 0.29) is 5.91 Å². The normalized spacial score (nSPS) is 14.9. The molecular formula is C21H19ClFN3O2. The van der Waals surface area contributed by atoms with E-state index >= 15 is 0 Å². The van der Waals surface area contributed by atoms with Gasteiger partial charge in [0.05, 0.1) is 21.8 Å². The first-order valence-electron chi connectivity index (χ1n) is 9.14. The van der Waals surface area contributed by atoms with E-state index in [0.29, 0.717) is 41.1 Å². The first-order chi connectivity index (χ1) is 13.5. The molecule has 1 aliphatic heterocycles. The molecule has 0 bridgehead atoms. The predicted molar refractivity (Wildman–Crippen MR) is 109 cm³/mol. The quantitative estimate of drug-likeness (QED) is 0.715. The fourth-order valence-corrected chi connectivity index (χ4v) is 3.90. The van der Waals surface area contributed by atoms with Crippen molar-refractivity contribution in [2.24, 2.45) is 0 Å². The number of benzene rings is 2. The molecular weight excluding hydrogens is 381 g/mol. The molecule has 28 heavy (non-hydrogen) atoms. The molecule has 144 valence electrons. The van der Waals surface area contributed by atoms with Gasteiger partial charge in [0.1, 0.15) is 5.82 Å². The van der Waals surface area contributed by atoms with Crippen molar-refractivity contribution in [3.8, 4) is 0 Å². The van der Waals surface area contributed by atoms with Gasteiger partial charge >= 0.3 is 0 Å². The molecule has 0 saturated carbocycles. The molecule has 1 saturated heterocycles. The van der Waals surface area contributed by atoms with Crippen molar-refractivity contribution in [2.45, 2.75) is 6.42 Å². The van der Waals surface area contributed by atoms with E-state index in [4.69, 9.17) is 11.6 Å². The average molecular weight is 400 g/mol. The fourth-order valence-electron chi connectivity index (χ4n) is 3.65. The third-order valence-corrected chi connectivity index (χ3v) is 5.33. The molecule has 3 aromatic rings. The lowest BCUT2D eigenvalue weighted by molar-refractivity contribution is 0.0769. The molecule has 1 fully saturated rings. The van der Waals surface area contributed by atoms with Crippen LogP contribution in [-0.4, -0.2) is 42.0 Å². The summed E-state index contributed by atoms with van der Waals surface area (Å²) in [5, 5.41) is 1.23. The highest BCUT2D eigenvalue weighted by Gasteiger charge is 2.23. The first-order valence-corrected chi connectivity index (χ1v) is 9.52. The summed E-state index contributed by atoms with van der Waals surface area (Å²) in [4.78, 5) is 31.6. The number of para-hydroxylation sites is 1. The average Bonchev–Trinajstić information content (AvgIpc) is 2.93. The highest BCUT2D eigenvalue weighted by atomic mass is 35.5. The number of pyridine rings is 1. The van der Waals surface area contributed by atoms with E-state index in [0.717, 1.165) is 18.7 Å². The molecule has 2 heterocycles. The number of nitrogens with one attached hydrogen (secondary N) is 1. The molecule has 0 spiro atoms. The Hall–Kier alpha value is -2.86. The molecule has 7 heteroatoms. The molecule has 1 N–H and O–H groups in total. The Balaban J connectivity index is 1.60. The van der Waals surface area contributed by atoms with Crippen molar-refractivity contribution in [3.05, 3.63) is 75.3 Å². The molecule has 1 aromatic heterocycles. The van der Waals surface area contributed by atoms with E-state index in [1.165, 1.54) is 24.3 Å². The van der Waals surface area contributed by atoms with Gasteiger partial charge in [-0.2, -0.15) is 0 Å². The van der Waals surface area contributed by atoms with Crippen LogP contribution < -0.4 is 10.5 Å². The minimum atomic E-state index is -0.460. The van der Waals surface area contributed by atoms with Gasteiger partial charge in [-0.1, -0.05) is 23.7 Å². The number of aromatic nitrogens is 1. The summed E-state index contributed by atoms with van der Waals surface area (Å²) in [6, 6.07) is 13.0. The van der Waals surface area contributed by atoms with Crippen LogP contribution in [0.25, 0.3) is 10.9 Å². The lowest BCUT2D eigenvalue weighted by atomic mass is 10.1. The van der Waals surface area contributed by atoms with Crippen LogP contribution in [0.1, 0.15) is 16.8 Å². The summed E-state index contributed by atoms with van der Waals surface area (Å²) in [5.41, 5.74) is 1.15. The van der Waals surface area contributed by atoms with Gasteiger partial charge in [0.15, 0.2) is 0 Å². The Kier molecular flexibility index (Phi) is 5.05. The van der Waals surface area contributed by atoms with Crippen molar-refractivity contribution in [1.29, 1.82) is 0 Å². The standard InChI is InChI=1S/C21H19ClFN3O2/c22-17-4-1-2-5-19(17)25-8-3-9-26(11-10-25)21(28)16-13-20(27)24-18-12-14(23)6-7-15(16)18/h1-2,4-7,12-13H,3,8-11H2,(H,24,27). The number of anilines is 1. The van der Waals surface area contributed by atoms with Gasteiger partial charge < -0.3 is 14.8 Å². The minimum Gasteiger partial charge on any atom is -0.368 e. The second kappa shape index (κ2) is 7.64. The highest BCUT2D eigenvalue weighted by Crippen LogP contribution is 2.26. The summed E-state index contributed by atoms with van der Waals surface area (Å²) >= 11 is 6.31. The number of carbonyl (C=O) groups excluding carboxylic acids is 1. The Morgan fingerprint density at radius 1 is 1.04 bits per heavy atom. The Morgan fingerprint density at radius 3 is 2.68 bits per heavy atom. The summed E-state index contributed by atoms with van der Waals surface area (Å²) in [6.45, 7) is 2.52. The number of aromatic amines is 1. The summed E-state index contributed by atoms with van der Waals surface area (Å²) < 4.78 is 13.5. The number of amides is 1. The van der Waals surface area contributed by atoms with Crippen molar-refractivity contribution in [1.82, 2.24) is 9.88 Å². The number of H-pyrrole nitrogens is 1. The number of rotatable bonds is 2. The third kappa shape index (κ3) is 3.60.